The Balaban J connectivity index is 1.96. The lowest BCUT2D eigenvalue weighted by molar-refractivity contribution is 0.0550. The van der Waals surface area contributed by atoms with Crippen molar-refractivity contribution in [1.29, 1.82) is 0 Å². The maximum Gasteiger partial charge on any atom is 0.338 e. The van der Waals surface area contributed by atoms with Crippen LogP contribution in [0, 0.1) is 5.82 Å². The first kappa shape index (κ1) is 14.4. The molecule has 0 saturated heterocycles. The SMILES string of the molecule is C=CCOC(=O)c1ccc2nc(-c3cccc(F)c3)sc2c1. The number of benzene rings is 2. The third kappa shape index (κ3) is 2.89. The van der Waals surface area contributed by atoms with Crippen molar-refractivity contribution in [2.45, 2.75) is 0 Å². The van der Waals surface area contributed by atoms with Crippen molar-refractivity contribution >= 4 is 27.5 Å². The van der Waals surface area contributed by atoms with Gasteiger partial charge in [0.15, 0.2) is 0 Å². The average Bonchev–Trinajstić information content (AvgIpc) is 2.95. The molecule has 3 aromatic rings. The molecule has 5 heteroatoms. The number of carbonyl (C=O) groups is 1. The van der Waals surface area contributed by atoms with Gasteiger partial charge in [0.25, 0.3) is 0 Å². The van der Waals surface area contributed by atoms with E-state index in [0.717, 1.165) is 15.8 Å². The molecular formula is C17H12FNO2S. The highest BCUT2D eigenvalue weighted by Crippen LogP contribution is 2.31. The van der Waals surface area contributed by atoms with Crippen molar-refractivity contribution in [3.8, 4) is 10.6 Å². The smallest absolute Gasteiger partial charge is 0.338 e. The van der Waals surface area contributed by atoms with Crippen molar-refractivity contribution in [3.63, 3.8) is 0 Å². The summed E-state index contributed by atoms with van der Waals surface area (Å²) in [6, 6.07) is 11.5. The largest absolute Gasteiger partial charge is 0.458 e. The van der Waals surface area contributed by atoms with Gasteiger partial charge < -0.3 is 4.74 Å². The predicted molar refractivity (Wildman–Crippen MR) is 85.5 cm³/mol. The molecule has 22 heavy (non-hydrogen) atoms. The Bertz CT molecular complexity index is 857. The van der Waals surface area contributed by atoms with Gasteiger partial charge in [0.1, 0.15) is 17.4 Å². The molecule has 0 aliphatic heterocycles. The van der Waals surface area contributed by atoms with Crippen LogP contribution in [0.15, 0.2) is 55.1 Å². The number of fused-ring (bicyclic) bond motifs is 1. The van der Waals surface area contributed by atoms with E-state index in [9.17, 15) is 9.18 Å². The fourth-order valence-electron chi connectivity index (χ4n) is 2.01. The number of hydrogen-bond donors (Lipinski definition) is 0. The molecule has 0 N–H and O–H groups in total. The second-order valence-corrected chi connectivity index (χ2v) is 5.63. The molecule has 0 atom stereocenters. The van der Waals surface area contributed by atoms with Crippen LogP contribution in [-0.4, -0.2) is 17.6 Å². The number of hydrogen-bond acceptors (Lipinski definition) is 4. The fraction of sp³-hybridized carbons (Fsp3) is 0.0588. The lowest BCUT2D eigenvalue weighted by Crippen LogP contribution is -2.04. The normalized spacial score (nSPS) is 10.6. The third-order valence-electron chi connectivity index (χ3n) is 3.03. The molecule has 0 radical (unpaired) electrons. The molecule has 0 bridgehead atoms. The van der Waals surface area contributed by atoms with Crippen molar-refractivity contribution in [2.24, 2.45) is 0 Å². The summed E-state index contributed by atoms with van der Waals surface area (Å²) >= 11 is 1.41. The minimum atomic E-state index is -0.400. The van der Waals surface area contributed by atoms with Crippen LogP contribution in [-0.2, 0) is 4.74 Å². The molecule has 110 valence electrons. The Kier molecular flexibility index (Phi) is 3.98. The molecule has 0 spiro atoms. The van der Waals surface area contributed by atoms with Crippen molar-refractivity contribution in [3.05, 3.63) is 66.5 Å². The van der Waals surface area contributed by atoms with E-state index in [-0.39, 0.29) is 12.4 Å². The molecule has 0 unspecified atom stereocenters. The van der Waals surface area contributed by atoms with Gasteiger partial charge in [0.05, 0.1) is 15.8 Å². The summed E-state index contributed by atoms with van der Waals surface area (Å²) < 4.78 is 19.2. The first-order chi connectivity index (χ1) is 10.7. The van der Waals surface area contributed by atoms with Crippen LogP contribution in [0.1, 0.15) is 10.4 Å². The van der Waals surface area contributed by atoms with Gasteiger partial charge >= 0.3 is 5.97 Å². The summed E-state index contributed by atoms with van der Waals surface area (Å²) in [7, 11) is 0. The molecule has 3 rings (SSSR count). The van der Waals surface area contributed by atoms with E-state index < -0.39 is 5.97 Å². The highest BCUT2D eigenvalue weighted by molar-refractivity contribution is 7.21. The maximum absolute atomic E-state index is 13.3. The second-order valence-electron chi connectivity index (χ2n) is 4.60. The molecule has 2 aromatic carbocycles. The van der Waals surface area contributed by atoms with E-state index in [0.29, 0.717) is 10.6 Å². The molecule has 3 nitrogen and oxygen atoms in total. The average molecular weight is 313 g/mol. The number of nitrogens with zero attached hydrogens (tertiary/aromatic N) is 1. The summed E-state index contributed by atoms with van der Waals surface area (Å²) in [4.78, 5) is 16.3. The summed E-state index contributed by atoms with van der Waals surface area (Å²) in [5.74, 6) is -0.701. The third-order valence-corrected chi connectivity index (χ3v) is 4.10. The van der Waals surface area contributed by atoms with Crippen LogP contribution < -0.4 is 0 Å². The van der Waals surface area contributed by atoms with Gasteiger partial charge in [-0.25, -0.2) is 14.2 Å². The lowest BCUT2D eigenvalue weighted by Gasteiger charge is -2.00. The number of halogens is 1. The van der Waals surface area contributed by atoms with Gasteiger partial charge in [0, 0.05) is 5.56 Å². The highest BCUT2D eigenvalue weighted by Gasteiger charge is 2.11. The Morgan fingerprint density at radius 3 is 2.95 bits per heavy atom. The van der Waals surface area contributed by atoms with Gasteiger partial charge in [-0.05, 0) is 30.3 Å². The van der Waals surface area contributed by atoms with E-state index in [2.05, 4.69) is 11.6 Å². The van der Waals surface area contributed by atoms with Crippen LogP contribution in [0.2, 0.25) is 0 Å². The number of thiazole rings is 1. The van der Waals surface area contributed by atoms with E-state index in [1.165, 1.54) is 29.5 Å². The van der Waals surface area contributed by atoms with Gasteiger partial charge in [-0.1, -0.05) is 24.8 Å². The minimum absolute atomic E-state index is 0.175. The van der Waals surface area contributed by atoms with Crippen LogP contribution >= 0.6 is 11.3 Å². The number of rotatable bonds is 4. The first-order valence-corrected chi connectivity index (χ1v) is 7.43. The Morgan fingerprint density at radius 1 is 1.32 bits per heavy atom. The van der Waals surface area contributed by atoms with Crippen molar-refractivity contribution in [2.75, 3.05) is 6.61 Å². The summed E-state index contributed by atoms with van der Waals surface area (Å²) in [5, 5.41) is 0.714. The number of esters is 1. The van der Waals surface area contributed by atoms with Gasteiger partial charge in [-0.15, -0.1) is 11.3 Å². The van der Waals surface area contributed by atoms with Crippen LogP contribution in [0.3, 0.4) is 0 Å². The van der Waals surface area contributed by atoms with Crippen molar-refractivity contribution in [1.82, 2.24) is 4.98 Å². The van der Waals surface area contributed by atoms with E-state index in [1.807, 2.05) is 0 Å². The summed E-state index contributed by atoms with van der Waals surface area (Å²) in [5.41, 5.74) is 1.95. The summed E-state index contributed by atoms with van der Waals surface area (Å²) in [6.07, 6.45) is 1.52. The molecule has 0 saturated carbocycles. The topological polar surface area (TPSA) is 39.2 Å². The molecule has 0 aliphatic carbocycles. The lowest BCUT2D eigenvalue weighted by atomic mass is 10.2. The standard InChI is InChI=1S/C17H12FNO2S/c1-2-8-21-17(20)12-6-7-14-15(10-12)22-16(19-14)11-4-3-5-13(18)9-11/h2-7,9-10H,1,8H2. The van der Waals surface area contributed by atoms with Gasteiger partial charge in [-0.3, -0.25) is 0 Å². The Hall–Kier alpha value is -2.53. The second kappa shape index (κ2) is 6.07. The van der Waals surface area contributed by atoms with E-state index >= 15 is 0 Å². The van der Waals surface area contributed by atoms with Crippen molar-refractivity contribution < 1.29 is 13.9 Å². The molecular weight excluding hydrogens is 301 g/mol. The number of carbonyl (C=O) groups excluding carboxylic acids is 1. The Labute approximate surface area is 130 Å². The van der Waals surface area contributed by atoms with Gasteiger partial charge in [-0.2, -0.15) is 0 Å². The predicted octanol–water partition coefficient (Wildman–Crippen LogP) is 4.45. The highest BCUT2D eigenvalue weighted by atomic mass is 32.1. The quantitative estimate of drug-likeness (QED) is 0.528. The van der Waals surface area contributed by atoms with Crippen LogP contribution in [0.4, 0.5) is 4.39 Å². The van der Waals surface area contributed by atoms with Gasteiger partial charge in [0.2, 0.25) is 0 Å². The first-order valence-electron chi connectivity index (χ1n) is 6.62. The number of aromatic nitrogens is 1. The zero-order valence-electron chi connectivity index (χ0n) is 11.6. The molecule has 0 amide bonds. The molecule has 0 aliphatic rings. The minimum Gasteiger partial charge on any atom is -0.458 e. The van der Waals surface area contributed by atoms with Crippen LogP contribution in [0.25, 0.3) is 20.8 Å². The molecule has 1 heterocycles. The number of ether oxygens (including phenoxy) is 1. The molecule has 1 aromatic heterocycles. The monoisotopic (exact) mass is 313 g/mol. The zero-order valence-corrected chi connectivity index (χ0v) is 12.4. The van der Waals surface area contributed by atoms with E-state index in [1.54, 1.807) is 30.3 Å². The zero-order chi connectivity index (χ0) is 15.5. The summed E-state index contributed by atoms with van der Waals surface area (Å²) in [6.45, 7) is 3.68. The Morgan fingerprint density at radius 2 is 2.18 bits per heavy atom. The van der Waals surface area contributed by atoms with Crippen LogP contribution in [0.5, 0.6) is 0 Å². The molecule has 0 fully saturated rings. The maximum atomic E-state index is 13.3. The fourth-order valence-corrected chi connectivity index (χ4v) is 3.02. The van der Waals surface area contributed by atoms with E-state index in [4.69, 9.17) is 4.74 Å².